The summed E-state index contributed by atoms with van der Waals surface area (Å²) < 4.78 is 0.951. The van der Waals surface area contributed by atoms with E-state index in [1.165, 1.54) is 0 Å². The summed E-state index contributed by atoms with van der Waals surface area (Å²) in [4.78, 5) is 24.2. The number of benzene rings is 2. The van der Waals surface area contributed by atoms with Gasteiger partial charge in [-0.3, -0.25) is 14.9 Å². The maximum Gasteiger partial charge on any atom is 0.260 e. The van der Waals surface area contributed by atoms with Gasteiger partial charge in [0.1, 0.15) is 5.75 Å². The second kappa shape index (κ2) is 8.56. The second-order valence-electron chi connectivity index (χ2n) is 6.48. The largest absolute Gasteiger partial charge is 0.508 e. The van der Waals surface area contributed by atoms with Crippen molar-refractivity contribution in [2.75, 3.05) is 0 Å². The Kier molecular flexibility index (Phi) is 6.15. The highest BCUT2D eigenvalue weighted by Crippen LogP contribution is 2.26. The van der Waals surface area contributed by atoms with Crippen LogP contribution in [0, 0.1) is 3.57 Å². The maximum atomic E-state index is 12.2. The van der Waals surface area contributed by atoms with Crippen molar-refractivity contribution in [3.05, 3.63) is 68.4 Å². The van der Waals surface area contributed by atoms with E-state index in [0.29, 0.717) is 29.0 Å². The van der Waals surface area contributed by atoms with Crippen molar-refractivity contribution >= 4 is 40.0 Å². The number of unbranched alkanes of at least 4 members (excludes halogenated alkanes) is 1. The fraction of sp³-hybridized carbons (Fsp3) is 0.238. The number of hydrogen-bond acceptors (Lipinski definition) is 4. The quantitative estimate of drug-likeness (QED) is 0.337. The van der Waals surface area contributed by atoms with Gasteiger partial charge in [-0.1, -0.05) is 25.5 Å². The number of aryl methyl sites for hydroxylation is 1. The molecule has 0 bridgehead atoms. The van der Waals surface area contributed by atoms with Gasteiger partial charge in [-0.05, 0) is 70.8 Å². The Morgan fingerprint density at radius 3 is 2.67 bits per heavy atom. The van der Waals surface area contributed by atoms with Gasteiger partial charge in [-0.25, -0.2) is 0 Å². The molecule has 0 spiro atoms. The first kappa shape index (κ1) is 19.4. The molecular weight excluding hydrogens is 455 g/mol. The highest BCUT2D eigenvalue weighted by atomic mass is 127. The van der Waals surface area contributed by atoms with Crippen LogP contribution in [0.1, 0.15) is 46.8 Å². The number of carbonyl (C=O) groups is 2. The number of imide groups is 1. The number of amides is 2. The van der Waals surface area contributed by atoms with Gasteiger partial charge >= 0.3 is 0 Å². The van der Waals surface area contributed by atoms with E-state index in [4.69, 9.17) is 0 Å². The third-order valence-electron chi connectivity index (χ3n) is 4.49. The molecule has 27 heavy (non-hydrogen) atoms. The number of phenolic OH excluding ortho intramolecular Hbond substituents is 1. The lowest BCUT2D eigenvalue weighted by Crippen LogP contribution is -2.37. The first-order chi connectivity index (χ1) is 13.0. The lowest BCUT2D eigenvalue weighted by atomic mass is 9.95. The van der Waals surface area contributed by atoms with Crippen LogP contribution in [0.2, 0.25) is 0 Å². The number of fused-ring (bicyclic) bond motifs is 1. The molecule has 0 saturated carbocycles. The molecule has 5 nitrogen and oxygen atoms in total. The Morgan fingerprint density at radius 1 is 1.11 bits per heavy atom. The topological polar surface area (TPSA) is 78.4 Å². The van der Waals surface area contributed by atoms with Crippen molar-refractivity contribution in [1.29, 1.82) is 0 Å². The van der Waals surface area contributed by atoms with Gasteiger partial charge < -0.3 is 10.4 Å². The van der Waals surface area contributed by atoms with Gasteiger partial charge in [0, 0.05) is 27.4 Å². The maximum absolute atomic E-state index is 12.2. The number of hydrogen-bond donors (Lipinski definition) is 3. The Hall–Kier alpha value is -2.35. The van der Waals surface area contributed by atoms with Gasteiger partial charge in [0.05, 0.1) is 5.57 Å². The monoisotopic (exact) mass is 476 g/mol. The molecule has 140 valence electrons. The van der Waals surface area contributed by atoms with E-state index in [1.807, 2.05) is 24.3 Å². The average Bonchev–Trinajstić information content (AvgIpc) is 2.63. The molecule has 0 atom stereocenters. The minimum Gasteiger partial charge on any atom is -0.508 e. The molecule has 0 saturated heterocycles. The summed E-state index contributed by atoms with van der Waals surface area (Å²) in [5.74, 6) is -0.493. The Labute approximate surface area is 172 Å². The highest BCUT2D eigenvalue weighted by Gasteiger charge is 2.27. The molecule has 1 aliphatic rings. The summed E-state index contributed by atoms with van der Waals surface area (Å²) in [6, 6.07) is 11.0. The minimum atomic E-state index is -0.417. The van der Waals surface area contributed by atoms with Gasteiger partial charge in [0.25, 0.3) is 11.8 Å². The average molecular weight is 476 g/mol. The Morgan fingerprint density at radius 2 is 1.93 bits per heavy atom. The lowest BCUT2D eigenvalue weighted by molar-refractivity contribution is -0.114. The molecule has 6 heteroatoms. The standard InChI is InChI=1S/C21H21IN2O3/c1-2-3-4-14-6-5-13(9-19(14)25)11-23-12-18-17-10-15(22)7-8-16(17)20(26)24-21(18)27/h5-10,12,23,25H,2-4,11H2,1H3,(H,24,26,27)/b18-12-. The molecule has 1 aliphatic heterocycles. The summed E-state index contributed by atoms with van der Waals surface area (Å²) in [6.07, 6.45) is 4.62. The predicted molar refractivity (Wildman–Crippen MR) is 113 cm³/mol. The molecule has 1 heterocycles. The molecule has 0 aliphatic carbocycles. The van der Waals surface area contributed by atoms with E-state index in [2.05, 4.69) is 40.1 Å². The SMILES string of the molecule is CCCCc1ccc(CN/C=C2\C(=O)NC(=O)c3ccc(I)cc32)cc1O. The molecule has 2 amide bonds. The van der Waals surface area contributed by atoms with Crippen LogP contribution in [0.5, 0.6) is 5.75 Å². The van der Waals surface area contributed by atoms with Crippen LogP contribution in [0.15, 0.2) is 42.6 Å². The minimum absolute atomic E-state index is 0.302. The summed E-state index contributed by atoms with van der Waals surface area (Å²) in [5, 5.41) is 15.6. The van der Waals surface area contributed by atoms with Crippen LogP contribution in [-0.2, 0) is 17.8 Å². The molecule has 2 aromatic carbocycles. The Bertz CT molecular complexity index is 922. The van der Waals surface area contributed by atoms with Crippen molar-refractivity contribution in [1.82, 2.24) is 10.6 Å². The zero-order chi connectivity index (χ0) is 19.4. The van der Waals surface area contributed by atoms with Crippen molar-refractivity contribution < 1.29 is 14.7 Å². The second-order valence-corrected chi connectivity index (χ2v) is 7.72. The number of nitrogens with one attached hydrogen (secondary N) is 2. The van der Waals surface area contributed by atoms with Crippen LogP contribution >= 0.6 is 22.6 Å². The molecule has 2 aromatic rings. The smallest absolute Gasteiger partial charge is 0.260 e. The number of rotatable bonds is 6. The highest BCUT2D eigenvalue weighted by molar-refractivity contribution is 14.1. The van der Waals surface area contributed by atoms with Gasteiger partial charge in [-0.15, -0.1) is 0 Å². The van der Waals surface area contributed by atoms with E-state index >= 15 is 0 Å². The molecular formula is C21H21IN2O3. The fourth-order valence-electron chi connectivity index (χ4n) is 3.01. The first-order valence-electron chi connectivity index (χ1n) is 8.89. The van der Waals surface area contributed by atoms with Crippen LogP contribution in [0.25, 0.3) is 5.57 Å². The van der Waals surface area contributed by atoms with Crippen molar-refractivity contribution in [2.24, 2.45) is 0 Å². The normalized spacial score (nSPS) is 14.8. The molecule has 0 radical (unpaired) electrons. The molecule has 3 rings (SSSR count). The Balaban J connectivity index is 1.76. The molecule has 3 N–H and O–H groups in total. The summed E-state index contributed by atoms with van der Waals surface area (Å²) in [7, 11) is 0. The molecule has 0 unspecified atom stereocenters. The number of phenols is 1. The predicted octanol–water partition coefficient (Wildman–Crippen LogP) is 3.74. The van der Waals surface area contributed by atoms with E-state index in [1.54, 1.807) is 18.3 Å². The zero-order valence-electron chi connectivity index (χ0n) is 15.0. The first-order valence-corrected chi connectivity index (χ1v) is 9.97. The zero-order valence-corrected chi connectivity index (χ0v) is 17.2. The van der Waals surface area contributed by atoms with Crippen LogP contribution in [-0.4, -0.2) is 16.9 Å². The van der Waals surface area contributed by atoms with Crippen molar-refractivity contribution in [2.45, 2.75) is 32.7 Å². The lowest BCUT2D eigenvalue weighted by Gasteiger charge is -2.18. The molecule has 0 aromatic heterocycles. The summed E-state index contributed by atoms with van der Waals surface area (Å²) >= 11 is 2.15. The van der Waals surface area contributed by atoms with Gasteiger partial charge in [0.15, 0.2) is 0 Å². The van der Waals surface area contributed by atoms with E-state index < -0.39 is 5.91 Å². The van der Waals surface area contributed by atoms with E-state index in [0.717, 1.165) is 34.0 Å². The summed E-state index contributed by atoms with van der Waals surface area (Å²) in [5.41, 5.74) is 3.40. The molecule has 0 fully saturated rings. The van der Waals surface area contributed by atoms with E-state index in [9.17, 15) is 14.7 Å². The third-order valence-corrected chi connectivity index (χ3v) is 5.16. The third kappa shape index (κ3) is 4.50. The van der Waals surface area contributed by atoms with Crippen molar-refractivity contribution in [3.8, 4) is 5.75 Å². The number of aromatic hydroxyl groups is 1. The van der Waals surface area contributed by atoms with Gasteiger partial charge in [0.2, 0.25) is 0 Å². The van der Waals surface area contributed by atoms with Crippen molar-refractivity contribution in [3.63, 3.8) is 0 Å². The van der Waals surface area contributed by atoms with E-state index in [-0.39, 0.29) is 5.91 Å². The van der Waals surface area contributed by atoms with Gasteiger partial charge in [-0.2, -0.15) is 0 Å². The fourth-order valence-corrected chi connectivity index (χ4v) is 3.50. The van der Waals surface area contributed by atoms with Crippen LogP contribution < -0.4 is 10.6 Å². The number of halogens is 1. The van der Waals surface area contributed by atoms with Crippen LogP contribution in [0.4, 0.5) is 0 Å². The van der Waals surface area contributed by atoms with Crippen LogP contribution in [0.3, 0.4) is 0 Å². The summed E-state index contributed by atoms with van der Waals surface area (Å²) in [6.45, 7) is 2.59. The number of carbonyl (C=O) groups excluding carboxylic acids is 2.